The van der Waals surface area contributed by atoms with Crippen LogP contribution in [0.15, 0.2) is 84.9 Å². The molecule has 0 bridgehead atoms. The van der Waals surface area contributed by atoms with Gasteiger partial charge in [-0.15, -0.1) is 0 Å². The molecule has 0 aliphatic carbocycles. The summed E-state index contributed by atoms with van der Waals surface area (Å²) in [7, 11) is 0. The van der Waals surface area contributed by atoms with Gasteiger partial charge in [0.05, 0.1) is 2.74 Å². The summed E-state index contributed by atoms with van der Waals surface area (Å²) < 4.78 is 15.1. The minimum absolute atomic E-state index is 0.524. The molecule has 0 aromatic heterocycles. The minimum atomic E-state index is 0.524. The van der Waals surface area contributed by atoms with Crippen LogP contribution in [0, 0.1) is 0 Å². The summed E-state index contributed by atoms with van der Waals surface area (Å²) in [4.78, 5) is 0. The standard InChI is InChI=1S/C18H14/c1-3-8-15(9-4-1)17-12-7-13-18(14-17)16-10-5-2-6-11-16/h1-14H/i1D,2D. The third-order valence-corrected chi connectivity index (χ3v) is 2.97. The first-order chi connectivity index (χ1) is 9.72. The molecular formula is C18H14. The highest BCUT2D eigenvalue weighted by Crippen LogP contribution is 2.25. The molecule has 0 heterocycles. The van der Waals surface area contributed by atoms with Crippen LogP contribution in [-0.2, 0) is 0 Å². The second-order valence-corrected chi connectivity index (χ2v) is 4.16. The molecule has 0 amide bonds. The van der Waals surface area contributed by atoms with Gasteiger partial charge < -0.3 is 0 Å². The van der Waals surface area contributed by atoms with E-state index in [0.29, 0.717) is 12.1 Å². The zero-order valence-electron chi connectivity index (χ0n) is 11.9. The zero-order chi connectivity index (χ0) is 13.9. The Balaban J connectivity index is 2.01. The van der Waals surface area contributed by atoms with Crippen LogP contribution in [0.2, 0.25) is 0 Å². The summed E-state index contributed by atoms with van der Waals surface area (Å²) in [5.74, 6) is 0. The molecule has 0 fully saturated rings. The van der Waals surface area contributed by atoms with E-state index in [1.807, 2.05) is 30.3 Å². The highest BCUT2D eigenvalue weighted by molar-refractivity contribution is 5.72. The maximum absolute atomic E-state index is 7.53. The molecular weight excluding hydrogens is 216 g/mol. The second kappa shape index (κ2) is 4.89. The average Bonchev–Trinajstić information content (AvgIpc) is 2.49. The SMILES string of the molecule is [2H]c1ccc(-c2cccc(-c3ccc([2H])cc3)c2)cc1. The van der Waals surface area contributed by atoms with Gasteiger partial charge in [-0.2, -0.15) is 0 Å². The second-order valence-electron chi connectivity index (χ2n) is 4.16. The predicted molar refractivity (Wildman–Crippen MR) is 77.3 cm³/mol. The molecule has 0 aliphatic rings. The molecule has 3 aromatic carbocycles. The summed E-state index contributed by atoms with van der Waals surface area (Å²) in [5.41, 5.74) is 4.50. The van der Waals surface area contributed by atoms with E-state index in [4.69, 9.17) is 2.74 Å². The first-order valence-corrected chi connectivity index (χ1v) is 5.96. The van der Waals surface area contributed by atoms with Crippen LogP contribution in [0.5, 0.6) is 0 Å². The van der Waals surface area contributed by atoms with Gasteiger partial charge in [-0.3, -0.25) is 0 Å². The maximum Gasteiger partial charge on any atom is 0.0623 e. The van der Waals surface area contributed by atoms with Gasteiger partial charge in [-0.05, 0) is 28.3 Å². The molecule has 0 atom stereocenters. The van der Waals surface area contributed by atoms with Crippen molar-refractivity contribution in [3.8, 4) is 22.3 Å². The summed E-state index contributed by atoms with van der Waals surface area (Å²) >= 11 is 0. The van der Waals surface area contributed by atoms with Crippen molar-refractivity contribution in [3.05, 3.63) is 84.9 Å². The van der Waals surface area contributed by atoms with Crippen molar-refractivity contribution in [1.29, 1.82) is 0 Å². The van der Waals surface area contributed by atoms with Crippen molar-refractivity contribution in [2.24, 2.45) is 0 Å². The fraction of sp³-hybridized carbons (Fsp3) is 0. The summed E-state index contributed by atoms with van der Waals surface area (Å²) in [6.07, 6.45) is 0. The van der Waals surface area contributed by atoms with Crippen LogP contribution in [0.1, 0.15) is 2.74 Å². The molecule has 0 saturated carbocycles. The van der Waals surface area contributed by atoms with E-state index in [9.17, 15) is 0 Å². The van der Waals surface area contributed by atoms with Gasteiger partial charge in [0.2, 0.25) is 0 Å². The third-order valence-electron chi connectivity index (χ3n) is 2.97. The van der Waals surface area contributed by atoms with Crippen LogP contribution in [-0.4, -0.2) is 0 Å². The van der Waals surface area contributed by atoms with E-state index in [1.54, 1.807) is 24.3 Å². The zero-order valence-corrected chi connectivity index (χ0v) is 9.93. The van der Waals surface area contributed by atoms with Crippen LogP contribution in [0.4, 0.5) is 0 Å². The number of hydrogen-bond acceptors (Lipinski definition) is 0. The molecule has 0 aliphatic heterocycles. The van der Waals surface area contributed by atoms with Crippen LogP contribution < -0.4 is 0 Å². The highest BCUT2D eigenvalue weighted by Gasteiger charge is 2.00. The van der Waals surface area contributed by atoms with Gasteiger partial charge in [0.25, 0.3) is 0 Å². The van der Waals surface area contributed by atoms with Crippen LogP contribution in [0.3, 0.4) is 0 Å². The molecule has 0 heteroatoms. The Bertz CT molecular complexity index is 652. The summed E-state index contributed by atoms with van der Waals surface area (Å²) in [6.45, 7) is 0. The monoisotopic (exact) mass is 232 g/mol. The Morgan fingerprint density at radius 1 is 0.500 bits per heavy atom. The number of rotatable bonds is 2. The summed E-state index contributed by atoms with van der Waals surface area (Å²) in [5, 5.41) is 0. The van der Waals surface area contributed by atoms with E-state index in [1.165, 1.54) is 0 Å². The van der Waals surface area contributed by atoms with Crippen LogP contribution in [0.25, 0.3) is 22.3 Å². The first kappa shape index (κ1) is 8.71. The molecule has 3 rings (SSSR count). The largest absolute Gasteiger partial charge is 0.0623 e. The predicted octanol–water partition coefficient (Wildman–Crippen LogP) is 5.02. The van der Waals surface area contributed by atoms with E-state index in [-0.39, 0.29) is 0 Å². The quantitative estimate of drug-likeness (QED) is 0.582. The number of hydrogen-bond donors (Lipinski definition) is 0. The molecule has 18 heavy (non-hydrogen) atoms. The molecule has 0 saturated heterocycles. The minimum Gasteiger partial charge on any atom is -0.0622 e. The lowest BCUT2D eigenvalue weighted by Crippen LogP contribution is -1.80. The van der Waals surface area contributed by atoms with E-state index in [0.717, 1.165) is 22.3 Å². The van der Waals surface area contributed by atoms with Crippen molar-refractivity contribution in [2.75, 3.05) is 0 Å². The van der Waals surface area contributed by atoms with E-state index < -0.39 is 0 Å². The van der Waals surface area contributed by atoms with E-state index in [2.05, 4.69) is 18.2 Å². The Morgan fingerprint density at radius 2 is 0.889 bits per heavy atom. The number of benzene rings is 3. The van der Waals surface area contributed by atoms with Gasteiger partial charge >= 0.3 is 0 Å². The first-order valence-electron chi connectivity index (χ1n) is 6.96. The average molecular weight is 232 g/mol. The Morgan fingerprint density at radius 3 is 1.33 bits per heavy atom. The van der Waals surface area contributed by atoms with Crippen molar-refractivity contribution in [2.45, 2.75) is 0 Å². The maximum atomic E-state index is 7.53. The molecule has 0 spiro atoms. The summed E-state index contributed by atoms with van der Waals surface area (Å²) in [6, 6.07) is 24.4. The lowest BCUT2D eigenvalue weighted by molar-refractivity contribution is 1.59. The van der Waals surface area contributed by atoms with Gasteiger partial charge in [0, 0.05) is 0 Å². The topological polar surface area (TPSA) is 0 Å². The van der Waals surface area contributed by atoms with Gasteiger partial charge in [0.1, 0.15) is 0 Å². The van der Waals surface area contributed by atoms with Crippen LogP contribution >= 0.6 is 0 Å². The Labute approximate surface area is 110 Å². The third kappa shape index (κ3) is 2.18. The fourth-order valence-electron chi connectivity index (χ4n) is 2.04. The van der Waals surface area contributed by atoms with Crippen molar-refractivity contribution in [1.82, 2.24) is 0 Å². The molecule has 3 aromatic rings. The highest BCUT2D eigenvalue weighted by atomic mass is 14.0. The van der Waals surface area contributed by atoms with Gasteiger partial charge in [0.15, 0.2) is 0 Å². The fourth-order valence-corrected chi connectivity index (χ4v) is 2.04. The van der Waals surface area contributed by atoms with Gasteiger partial charge in [-0.25, -0.2) is 0 Å². The molecule has 0 nitrogen and oxygen atoms in total. The van der Waals surface area contributed by atoms with Gasteiger partial charge in [-0.1, -0.05) is 78.8 Å². The molecule has 0 unspecified atom stereocenters. The lowest BCUT2D eigenvalue weighted by atomic mass is 9.99. The Hall–Kier alpha value is -2.34. The van der Waals surface area contributed by atoms with Crippen molar-refractivity contribution >= 4 is 0 Å². The normalized spacial score (nSPS) is 11.8. The molecule has 0 radical (unpaired) electrons. The molecule has 0 N–H and O–H groups in total. The van der Waals surface area contributed by atoms with Crippen molar-refractivity contribution < 1.29 is 2.74 Å². The lowest BCUT2D eigenvalue weighted by Gasteiger charge is -2.05. The Kier molecular flexibility index (Phi) is 2.36. The molecule has 86 valence electrons. The smallest absolute Gasteiger partial charge is 0.0622 e. The van der Waals surface area contributed by atoms with Crippen molar-refractivity contribution in [3.63, 3.8) is 0 Å². The van der Waals surface area contributed by atoms with E-state index >= 15 is 0 Å².